The summed E-state index contributed by atoms with van der Waals surface area (Å²) in [6, 6.07) is 5.95. The van der Waals surface area contributed by atoms with Crippen LogP contribution in [-0.4, -0.2) is 15.5 Å². The maximum absolute atomic E-state index is 12.1. The lowest BCUT2D eigenvalue weighted by atomic mass is 10.2. The zero-order valence-corrected chi connectivity index (χ0v) is 10.6. The van der Waals surface area contributed by atoms with Crippen LogP contribution in [0.4, 0.5) is 0 Å². The van der Waals surface area contributed by atoms with Gasteiger partial charge in [-0.2, -0.15) is 0 Å². The van der Waals surface area contributed by atoms with E-state index >= 15 is 0 Å². The number of benzene rings is 1. The largest absolute Gasteiger partial charge is 0.327 e. The molecule has 0 heterocycles. The third-order valence-corrected chi connectivity index (χ3v) is 4.62. The van der Waals surface area contributed by atoms with Gasteiger partial charge in [-0.1, -0.05) is 17.7 Å². The summed E-state index contributed by atoms with van der Waals surface area (Å²) < 4.78 is 12.1. The normalized spacial score (nSPS) is 17.1. The van der Waals surface area contributed by atoms with Crippen molar-refractivity contribution >= 4 is 10.8 Å². The molecule has 0 aliphatic carbocycles. The van der Waals surface area contributed by atoms with E-state index in [4.69, 9.17) is 5.73 Å². The van der Waals surface area contributed by atoms with Gasteiger partial charge in [0.2, 0.25) is 0 Å². The first kappa shape index (κ1) is 12.4. The molecule has 15 heavy (non-hydrogen) atoms. The molecule has 3 atom stereocenters. The molecule has 3 heteroatoms. The van der Waals surface area contributed by atoms with Crippen molar-refractivity contribution in [2.45, 2.75) is 43.9 Å². The van der Waals surface area contributed by atoms with Crippen molar-refractivity contribution in [3.63, 3.8) is 0 Å². The second kappa shape index (κ2) is 4.90. The maximum atomic E-state index is 12.1. The van der Waals surface area contributed by atoms with Crippen molar-refractivity contribution in [3.8, 4) is 0 Å². The monoisotopic (exact) mass is 225 g/mol. The molecule has 0 amide bonds. The lowest BCUT2D eigenvalue weighted by Crippen LogP contribution is -2.32. The molecule has 2 nitrogen and oxygen atoms in total. The molecular formula is C12H19NOS. The highest BCUT2D eigenvalue weighted by atomic mass is 32.2. The van der Waals surface area contributed by atoms with Crippen LogP contribution in [0.1, 0.15) is 25.0 Å². The number of nitrogens with two attached hydrogens (primary N) is 1. The van der Waals surface area contributed by atoms with E-state index in [0.717, 1.165) is 10.5 Å². The van der Waals surface area contributed by atoms with Gasteiger partial charge in [-0.05, 0) is 39.3 Å². The fourth-order valence-corrected chi connectivity index (χ4v) is 2.79. The van der Waals surface area contributed by atoms with Crippen LogP contribution in [0.5, 0.6) is 0 Å². The van der Waals surface area contributed by atoms with Crippen LogP contribution >= 0.6 is 0 Å². The minimum atomic E-state index is -1.00. The van der Waals surface area contributed by atoms with E-state index in [1.165, 1.54) is 5.56 Å². The summed E-state index contributed by atoms with van der Waals surface area (Å²) in [5.74, 6) is 0. The van der Waals surface area contributed by atoms with Crippen molar-refractivity contribution in [1.82, 2.24) is 0 Å². The second-order valence-corrected chi connectivity index (χ2v) is 5.91. The summed E-state index contributed by atoms with van der Waals surface area (Å²) in [7, 11) is -1.00. The Morgan fingerprint density at radius 3 is 2.33 bits per heavy atom. The Morgan fingerprint density at radius 2 is 1.87 bits per heavy atom. The Bertz CT molecular complexity index is 374. The molecule has 0 spiro atoms. The van der Waals surface area contributed by atoms with E-state index in [1.54, 1.807) is 0 Å². The fourth-order valence-electron chi connectivity index (χ4n) is 1.42. The van der Waals surface area contributed by atoms with Gasteiger partial charge in [0, 0.05) is 10.9 Å². The van der Waals surface area contributed by atoms with Gasteiger partial charge < -0.3 is 5.73 Å². The molecular weight excluding hydrogens is 206 g/mol. The molecule has 0 saturated heterocycles. The third-order valence-electron chi connectivity index (χ3n) is 2.63. The Labute approximate surface area is 94.3 Å². The van der Waals surface area contributed by atoms with Gasteiger partial charge in [0.05, 0.1) is 16.0 Å². The summed E-state index contributed by atoms with van der Waals surface area (Å²) in [5.41, 5.74) is 8.04. The maximum Gasteiger partial charge on any atom is 0.0576 e. The van der Waals surface area contributed by atoms with Gasteiger partial charge in [0.15, 0.2) is 0 Å². The molecule has 0 aliphatic heterocycles. The summed E-state index contributed by atoms with van der Waals surface area (Å²) in [6.07, 6.45) is 0. The van der Waals surface area contributed by atoms with Gasteiger partial charge in [-0.3, -0.25) is 4.21 Å². The van der Waals surface area contributed by atoms with Crippen LogP contribution in [0, 0.1) is 13.8 Å². The van der Waals surface area contributed by atoms with Gasteiger partial charge in [0.25, 0.3) is 0 Å². The first-order chi connectivity index (χ1) is 6.93. The number of hydrogen-bond acceptors (Lipinski definition) is 2. The quantitative estimate of drug-likeness (QED) is 0.856. The van der Waals surface area contributed by atoms with Crippen LogP contribution in [-0.2, 0) is 10.8 Å². The first-order valence-corrected chi connectivity index (χ1v) is 6.38. The molecule has 0 saturated carbocycles. The zero-order valence-electron chi connectivity index (χ0n) is 9.78. The van der Waals surface area contributed by atoms with Crippen molar-refractivity contribution in [2.24, 2.45) is 5.73 Å². The SMILES string of the molecule is Cc1ccc(S(=O)C(C)C(C)N)c(C)c1. The Morgan fingerprint density at radius 1 is 1.27 bits per heavy atom. The molecule has 0 aromatic heterocycles. The van der Waals surface area contributed by atoms with Crippen molar-refractivity contribution in [3.05, 3.63) is 29.3 Å². The zero-order chi connectivity index (χ0) is 11.6. The minimum absolute atomic E-state index is 0.00796. The average Bonchev–Trinajstić information content (AvgIpc) is 2.15. The molecule has 1 rings (SSSR count). The topological polar surface area (TPSA) is 43.1 Å². The van der Waals surface area contributed by atoms with E-state index in [-0.39, 0.29) is 11.3 Å². The van der Waals surface area contributed by atoms with Gasteiger partial charge in [-0.25, -0.2) is 0 Å². The third kappa shape index (κ3) is 2.89. The van der Waals surface area contributed by atoms with Crippen LogP contribution < -0.4 is 5.73 Å². The van der Waals surface area contributed by atoms with E-state index in [0.29, 0.717) is 0 Å². The van der Waals surface area contributed by atoms with Gasteiger partial charge in [-0.15, -0.1) is 0 Å². The summed E-state index contributed by atoms with van der Waals surface area (Å²) in [4.78, 5) is 0.908. The smallest absolute Gasteiger partial charge is 0.0576 e. The Balaban J connectivity index is 3.01. The lowest BCUT2D eigenvalue weighted by Gasteiger charge is -2.16. The Hall–Kier alpha value is -0.670. The summed E-state index contributed by atoms with van der Waals surface area (Å²) in [6.45, 7) is 7.86. The molecule has 0 fully saturated rings. The lowest BCUT2D eigenvalue weighted by molar-refractivity contribution is 0.648. The summed E-state index contributed by atoms with van der Waals surface area (Å²) >= 11 is 0. The molecule has 2 N–H and O–H groups in total. The highest BCUT2D eigenvalue weighted by molar-refractivity contribution is 7.85. The standard InChI is InChI=1S/C12H19NOS/c1-8-5-6-12(9(2)7-8)15(14)11(4)10(3)13/h5-7,10-11H,13H2,1-4H3. The molecule has 0 radical (unpaired) electrons. The van der Waals surface area contributed by atoms with Gasteiger partial charge in [0.1, 0.15) is 0 Å². The van der Waals surface area contributed by atoms with E-state index < -0.39 is 10.8 Å². The highest BCUT2D eigenvalue weighted by Crippen LogP contribution is 2.18. The predicted molar refractivity (Wildman–Crippen MR) is 65.4 cm³/mol. The first-order valence-electron chi connectivity index (χ1n) is 5.17. The van der Waals surface area contributed by atoms with Crippen molar-refractivity contribution in [1.29, 1.82) is 0 Å². The van der Waals surface area contributed by atoms with Crippen molar-refractivity contribution < 1.29 is 4.21 Å². The van der Waals surface area contributed by atoms with E-state index in [9.17, 15) is 4.21 Å². The van der Waals surface area contributed by atoms with Crippen molar-refractivity contribution in [2.75, 3.05) is 0 Å². The van der Waals surface area contributed by atoms with Crippen LogP contribution in [0.15, 0.2) is 23.1 Å². The highest BCUT2D eigenvalue weighted by Gasteiger charge is 2.18. The molecule has 1 aromatic carbocycles. The van der Waals surface area contributed by atoms with E-state index in [2.05, 4.69) is 6.07 Å². The van der Waals surface area contributed by atoms with Crippen LogP contribution in [0.3, 0.4) is 0 Å². The molecule has 3 unspecified atom stereocenters. The Kier molecular flexibility index (Phi) is 4.05. The van der Waals surface area contributed by atoms with Gasteiger partial charge >= 0.3 is 0 Å². The predicted octanol–water partition coefficient (Wildman–Crippen LogP) is 2.15. The van der Waals surface area contributed by atoms with Crippen LogP contribution in [0.25, 0.3) is 0 Å². The average molecular weight is 225 g/mol. The van der Waals surface area contributed by atoms with Crippen LogP contribution in [0.2, 0.25) is 0 Å². The number of rotatable bonds is 3. The number of aryl methyl sites for hydroxylation is 2. The summed E-state index contributed by atoms with van der Waals surface area (Å²) in [5, 5.41) is -0.00796. The molecule has 1 aromatic rings. The fraction of sp³-hybridized carbons (Fsp3) is 0.500. The van der Waals surface area contributed by atoms with E-state index in [1.807, 2.05) is 39.8 Å². The molecule has 0 bridgehead atoms. The second-order valence-electron chi connectivity index (χ2n) is 4.13. The number of hydrogen-bond donors (Lipinski definition) is 1. The molecule has 84 valence electrons. The molecule has 0 aliphatic rings. The minimum Gasteiger partial charge on any atom is -0.327 e.